The number of amides is 2. The van der Waals surface area contributed by atoms with Crippen molar-refractivity contribution in [3.05, 3.63) is 53.9 Å². The third-order valence-electron chi connectivity index (χ3n) is 6.19. The number of pyridine rings is 1. The molecule has 2 N–H and O–H groups in total. The van der Waals surface area contributed by atoms with Crippen molar-refractivity contribution in [2.45, 2.75) is 25.1 Å². The van der Waals surface area contributed by atoms with Crippen LogP contribution >= 0.6 is 0 Å². The Morgan fingerprint density at radius 1 is 1.00 bits per heavy atom. The topological polar surface area (TPSA) is 89.0 Å². The third-order valence-corrected chi connectivity index (χ3v) is 6.19. The highest BCUT2D eigenvalue weighted by Gasteiger charge is 2.32. The number of anilines is 2. The highest BCUT2D eigenvalue weighted by atomic mass is 19.4. The Morgan fingerprint density at radius 3 is 2.35 bits per heavy atom. The van der Waals surface area contributed by atoms with Crippen molar-refractivity contribution in [1.82, 2.24) is 15.2 Å². The summed E-state index contributed by atoms with van der Waals surface area (Å²) in [4.78, 5) is 32.6. The lowest BCUT2D eigenvalue weighted by molar-refractivity contribution is -0.137. The van der Waals surface area contributed by atoms with Gasteiger partial charge in [-0.3, -0.25) is 9.78 Å². The Bertz CT molecular complexity index is 1020. The zero-order valence-electron chi connectivity index (χ0n) is 18.5. The van der Waals surface area contributed by atoms with E-state index < -0.39 is 17.8 Å². The Morgan fingerprint density at radius 2 is 1.71 bits per heavy atom. The standard InChI is InChI=1S/C23H26F3N5O3/c24-23(25,26)17-12-20(14-27-13-17)31-6-5-18(15-31)28-21(32)11-16-1-3-19(4-2-16)29-7-9-30(10-8-29)22(33)34/h1-4,12-14,18H,5-11,15H2,(H,28,32)(H,33,34). The molecule has 0 aliphatic carbocycles. The smallest absolute Gasteiger partial charge is 0.417 e. The van der Waals surface area contributed by atoms with E-state index in [-0.39, 0.29) is 18.4 Å². The Kier molecular flexibility index (Phi) is 6.80. The maximum absolute atomic E-state index is 12.9. The molecule has 1 aromatic carbocycles. The molecule has 4 rings (SSSR count). The van der Waals surface area contributed by atoms with Crippen LogP contribution in [0.15, 0.2) is 42.7 Å². The molecule has 2 amide bonds. The van der Waals surface area contributed by atoms with Crippen molar-refractivity contribution in [3.63, 3.8) is 0 Å². The van der Waals surface area contributed by atoms with E-state index in [9.17, 15) is 22.8 Å². The average molecular weight is 477 g/mol. The summed E-state index contributed by atoms with van der Waals surface area (Å²) < 4.78 is 38.8. The SMILES string of the molecule is O=C(Cc1ccc(N2CCN(C(=O)O)CC2)cc1)NC1CCN(c2cncc(C(F)(F)F)c2)C1. The lowest BCUT2D eigenvalue weighted by Gasteiger charge is -2.34. The number of halogens is 3. The molecule has 1 unspecified atom stereocenters. The number of rotatable bonds is 5. The van der Waals surface area contributed by atoms with Crippen LogP contribution in [-0.2, 0) is 17.4 Å². The van der Waals surface area contributed by atoms with Gasteiger partial charge in [0.15, 0.2) is 0 Å². The minimum atomic E-state index is -4.45. The normalized spacial score (nSPS) is 18.8. The first kappa shape index (κ1) is 23.7. The molecular formula is C23H26F3N5O3. The molecule has 0 radical (unpaired) electrons. The summed E-state index contributed by atoms with van der Waals surface area (Å²) in [5, 5.41) is 12.0. The maximum atomic E-state index is 12.9. The van der Waals surface area contributed by atoms with Gasteiger partial charge in [-0.2, -0.15) is 13.2 Å². The van der Waals surface area contributed by atoms with Gasteiger partial charge in [-0.15, -0.1) is 0 Å². The van der Waals surface area contributed by atoms with Crippen LogP contribution in [0, 0.1) is 0 Å². The zero-order valence-corrected chi connectivity index (χ0v) is 18.5. The second kappa shape index (κ2) is 9.78. The first-order valence-corrected chi connectivity index (χ1v) is 11.1. The fourth-order valence-corrected chi connectivity index (χ4v) is 4.31. The van der Waals surface area contributed by atoms with Crippen molar-refractivity contribution >= 4 is 23.4 Å². The predicted molar refractivity (Wildman–Crippen MR) is 120 cm³/mol. The van der Waals surface area contributed by atoms with Crippen LogP contribution in [0.5, 0.6) is 0 Å². The summed E-state index contributed by atoms with van der Waals surface area (Å²) in [6.45, 7) is 3.11. The van der Waals surface area contributed by atoms with Crippen LogP contribution in [-0.4, -0.2) is 72.3 Å². The van der Waals surface area contributed by atoms with Crippen molar-refractivity contribution in [2.75, 3.05) is 49.1 Å². The molecule has 34 heavy (non-hydrogen) atoms. The van der Waals surface area contributed by atoms with Crippen molar-refractivity contribution < 1.29 is 27.9 Å². The highest BCUT2D eigenvalue weighted by molar-refractivity contribution is 5.79. The summed E-state index contributed by atoms with van der Waals surface area (Å²) in [7, 11) is 0. The number of aromatic nitrogens is 1. The molecule has 1 atom stereocenters. The molecule has 0 spiro atoms. The Balaban J connectivity index is 1.26. The fraction of sp³-hybridized carbons (Fsp3) is 0.435. The lowest BCUT2D eigenvalue weighted by Crippen LogP contribution is -2.48. The van der Waals surface area contributed by atoms with E-state index in [2.05, 4.69) is 15.2 Å². The van der Waals surface area contributed by atoms with Gasteiger partial charge >= 0.3 is 12.3 Å². The molecular weight excluding hydrogens is 451 g/mol. The molecule has 11 heteroatoms. The first-order valence-electron chi connectivity index (χ1n) is 11.1. The van der Waals surface area contributed by atoms with Gasteiger partial charge < -0.3 is 25.1 Å². The molecule has 0 bridgehead atoms. The van der Waals surface area contributed by atoms with E-state index in [1.54, 1.807) is 4.90 Å². The van der Waals surface area contributed by atoms with Crippen molar-refractivity contribution in [1.29, 1.82) is 0 Å². The quantitative estimate of drug-likeness (QED) is 0.689. The Hall–Kier alpha value is -3.50. The van der Waals surface area contributed by atoms with Gasteiger partial charge in [0.25, 0.3) is 0 Å². The second-order valence-corrected chi connectivity index (χ2v) is 8.53. The summed E-state index contributed by atoms with van der Waals surface area (Å²) >= 11 is 0. The van der Waals surface area contributed by atoms with Crippen molar-refractivity contribution in [3.8, 4) is 0 Å². The van der Waals surface area contributed by atoms with Crippen LogP contribution in [0.4, 0.5) is 29.3 Å². The molecule has 182 valence electrons. The van der Waals surface area contributed by atoms with Crippen LogP contribution in [0.1, 0.15) is 17.5 Å². The van der Waals surface area contributed by atoms with Crippen LogP contribution in [0.25, 0.3) is 0 Å². The number of nitrogens with zero attached hydrogens (tertiary/aromatic N) is 4. The molecule has 0 saturated carbocycles. The average Bonchev–Trinajstić information content (AvgIpc) is 3.27. The molecule has 1 aromatic heterocycles. The van der Waals surface area contributed by atoms with Gasteiger partial charge in [-0.05, 0) is 30.2 Å². The number of piperazine rings is 1. The number of carbonyl (C=O) groups excluding carboxylic acids is 1. The molecule has 8 nitrogen and oxygen atoms in total. The summed E-state index contributed by atoms with van der Waals surface area (Å²) in [6.07, 6.45) is -2.29. The van der Waals surface area contributed by atoms with E-state index in [1.807, 2.05) is 24.3 Å². The number of nitrogens with one attached hydrogen (secondary N) is 1. The number of carbonyl (C=O) groups is 2. The summed E-state index contributed by atoms with van der Waals surface area (Å²) in [6, 6.07) is 8.56. The second-order valence-electron chi connectivity index (χ2n) is 8.53. The zero-order chi connectivity index (χ0) is 24.3. The van der Waals surface area contributed by atoms with Crippen LogP contribution < -0.4 is 15.1 Å². The Labute approximate surface area is 195 Å². The molecule has 3 heterocycles. The van der Waals surface area contributed by atoms with Gasteiger partial charge in [-0.25, -0.2) is 4.79 Å². The van der Waals surface area contributed by atoms with E-state index in [1.165, 1.54) is 11.1 Å². The molecule has 2 aromatic rings. The van der Waals surface area contributed by atoms with Gasteiger partial charge in [0.05, 0.1) is 23.9 Å². The number of hydrogen-bond donors (Lipinski definition) is 2. The number of alkyl halides is 3. The fourth-order valence-electron chi connectivity index (χ4n) is 4.31. The maximum Gasteiger partial charge on any atom is 0.417 e. The number of benzene rings is 1. The minimum Gasteiger partial charge on any atom is -0.465 e. The number of carboxylic acid groups (broad SMARTS) is 1. The van der Waals surface area contributed by atoms with E-state index in [0.29, 0.717) is 51.4 Å². The minimum absolute atomic E-state index is 0.142. The summed E-state index contributed by atoms with van der Waals surface area (Å²) in [5.41, 5.74) is 1.44. The third kappa shape index (κ3) is 5.70. The van der Waals surface area contributed by atoms with Gasteiger partial charge in [0.2, 0.25) is 5.91 Å². The monoisotopic (exact) mass is 477 g/mol. The van der Waals surface area contributed by atoms with E-state index in [4.69, 9.17) is 5.11 Å². The van der Waals surface area contributed by atoms with Crippen LogP contribution in [0.3, 0.4) is 0 Å². The van der Waals surface area contributed by atoms with Gasteiger partial charge in [0.1, 0.15) is 0 Å². The molecule has 2 fully saturated rings. The first-order chi connectivity index (χ1) is 16.2. The molecule has 2 saturated heterocycles. The molecule has 2 aliphatic rings. The number of hydrogen-bond acceptors (Lipinski definition) is 5. The summed E-state index contributed by atoms with van der Waals surface area (Å²) in [5.74, 6) is -0.142. The van der Waals surface area contributed by atoms with Crippen LogP contribution in [0.2, 0.25) is 0 Å². The van der Waals surface area contributed by atoms with E-state index in [0.717, 1.165) is 23.5 Å². The predicted octanol–water partition coefficient (Wildman–Crippen LogP) is 2.84. The van der Waals surface area contributed by atoms with Gasteiger partial charge in [-0.1, -0.05) is 12.1 Å². The highest BCUT2D eigenvalue weighted by Crippen LogP contribution is 2.31. The van der Waals surface area contributed by atoms with E-state index >= 15 is 0 Å². The molecule has 2 aliphatic heterocycles. The van der Waals surface area contributed by atoms with Gasteiger partial charge in [0, 0.05) is 57.2 Å². The largest absolute Gasteiger partial charge is 0.465 e. The van der Waals surface area contributed by atoms with Crippen molar-refractivity contribution in [2.24, 2.45) is 0 Å². The lowest BCUT2D eigenvalue weighted by atomic mass is 10.1.